The second-order valence-electron chi connectivity index (χ2n) is 5.26. The van der Waals surface area contributed by atoms with Gasteiger partial charge in [0.2, 0.25) is 0 Å². The highest BCUT2D eigenvalue weighted by atomic mass is 16.1. The Morgan fingerprint density at radius 1 is 0.783 bits per heavy atom. The summed E-state index contributed by atoms with van der Waals surface area (Å²) in [6.45, 7) is 0.392. The first-order valence-electron chi connectivity index (χ1n) is 7.53. The van der Waals surface area contributed by atoms with Crippen LogP contribution in [-0.4, -0.2) is 5.91 Å². The maximum Gasteiger partial charge on any atom is 0.255 e. The van der Waals surface area contributed by atoms with Gasteiger partial charge in [-0.25, -0.2) is 0 Å². The molecule has 0 saturated heterocycles. The number of anilines is 1. The molecular weight excluding hydrogens is 284 g/mol. The van der Waals surface area contributed by atoms with E-state index >= 15 is 0 Å². The largest absolute Gasteiger partial charge is 0.326 e. The lowest BCUT2D eigenvalue weighted by Gasteiger charge is -2.10. The third kappa shape index (κ3) is 3.47. The molecule has 0 atom stereocenters. The van der Waals surface area contributed by atoms with E-state index in [0.717, 1.165) is 22.4 Å². The Morgan fingerprint density at radius 3 is 2.09 bits per heavy atom. The Morgan fingerprint density at radius 2 is 1.39 bits per heavy atom. The summed E-state index contributed by atoms with van der Waals surface area (Å²) < 4.78 is 0. The van der Waals surface area contributed by atoms with Gasteiger partial charge >= 0.3 is 0 Å². The summed E-state index contributed by atoms with van der Waals surface area (Å²) in [6, 6.07) is 25.2. The van der Waals surface area contributed by atoms with Gasteiger partial charge in [0.25, 0.3) is 5.91 Å². The van der Waals surface area contributed by atoms with Crippen molar-refractivity contribution in [2.24, 2.45) is 5.73 Å². The van der Waals surface area contributed by atoms with Gasteiger partial charge in [-0.15, -0.1) is 0 Å². The van der Waals surface area contributed by atoms with Crippen molar-refractivity contribution >= 4 is 11.6 Å². The van der Waals surface area contributed by atoms with E-state index in [4.69, 9.17) is 5.73 Å². The Kier molecular flexibility index (Phi) is 4.50. The Labute approximate surface area is 135 Å². The molecule has 0 aliphatic heterocycles. The van der Waals surface area contributed by atoms with Crippen LogP contribution in [0.4, 0.5) is 5.69 Å². The van der Waals surface area contributed by atoms with Gasteiger partial charge in [0.1, 0.15) is 0 Å². The van der Waals surface area contributed by atoms with Crippen molar-refractivity contribution in [1.82, 2.24) is 0 Å². The van der Waals surface area contributed by atoms with E-state index in [-0.39, 0.29) is 5.91 Å². The number of carbonyl (C=O) groups is 1. The molecule has 0 radical (unpaired) electrons. The van der Waals surface area contributed by atoms with Gasteiger partial charge in [0.15, 0.2) is 0 Å². The monoisotopic (exact) mass is 302 g/mol. The van der Waals surface area contributed by atoms with Crippen LogP contribution >= 0.6 is 0 Å². The molecular formula is C20H18N2O. The highest BCUT2D eigenvalue weighted by Crippen LogP contribution is 2.20. The van der Waals surface area contributed by atoms with Gasteiger partial charge in [0, 0.05) is 17.8 Å². The number of nitrogens with one attached hydrogen (secondary N) is 1. The van der Waals surface area contributed by atoms with Crippen LogP contribution in [0.15, 0.2) is 78.9 Å². The van der Waals surface area contributed by atoms with E-state index in [2.05, 4.69) is 5.32 Å². The molecule has 3 heteroatoms. The van der Waals surface area contributed by atoms with E-state index in [1.54, 1.807) is 0 Å². The summed E-state index contributed by atoms with van der Waals surface area (Å²) >= 11 is 0. The predicted octanol–water partition coefficient (Wildman–Crippen LogP) is 4.06. The Bertz CT molecular complexity index is 795. The van der Waals surface area contributed by atoms with Crippen LogP contribution in [0.3, 0.4) is 0 Å². The third-order valence-corrected chi connectivity index (χ3v) is 3.74. The number of nitrogens with two attached hydrogens (primary N) is 1. The molecule has 114 valence electrons. The highest BCUT2D eigenvalue weighted by molar-refractivity contribution is 6.04. The number of hydrogen-bond donors (Lipinski definition) is 2. The van der Waals surface area contributed by atoms with Crippen molar-refractivity contribution < 1.29 is 4.79 Å². The second-order valence-corrected chi connectivity index (χ2v) is 5.26. The quantitative estimate of drug-likeness (QED) is 0.763. The van der Waals surface area contributed by atoms with Gasteiger partial charge in [-0.1, -0.05) is 60.7 Å². The summed E-state index contributed by atoms with van der Waals surface area (Å²) in [5.74, 6) is -0.134. The highest BCUT2D eigenvalue weighted by Gasteiger charge is 2.08. The molecule has 0 bridgehead atoms. The molecule has 3 rings (SSSR count). The van der Waals surface area contributed by atoms with Crippen molar-refractivity contribution in [2.75, 3.05) is 5.32 Å². The van der Waals surface area contributed by atoms with Gasteiger partial charge in [-0.2, -0.15) is 0 Å². The number of amides is 1. The topological polar surface area (TPSA) is 55.1 Å². The van der Waals surface area contributed by atoms with Crippen LogP contribution in [0, 0.1) is 0 Å². The molecule has 3 aromatic carbocycles. The molecule has 3 N–H and O–H groups in total. The van der Waals surface area contributed by atoms with Crippen LogP contribution in [0.1, 0.15) is 15.9 Å². The van der Waals surface area contributed by atoms with E-state index in [1.807, 2.05) is 78.9 Å². The molecule has 0 fully saturated rings. The average Bonchev–Trinajstić information content (AvgIpc) is 2.63. The maximum absolute atomic E-state index is 12.4. The molecule has 23 heavy (non-hydrogen) atoms. The van der Waals surface area contributed by atoms with Crippen LogP contribution in [0.5, 0.6) is 0 Å². The van der Waals surface area contributed by atoms with Gasteiger partial charge in [-0.05, 0) is 34.9 Å². The summed E-state index contributed by atoms with van der Waals surface area (Å²) in [5, 5.41) is 2.92. The summed E-state index contributed by atoms with van der Waals surface area (Å²) in [5.41, 5.74) is 10.2. The van der Waals surface area contributed by atoms with E-state index in [1.165, 1.54) is 0 Å². The molecule has 0 heterocycles. The fraction of sp³-hybridized carbons (Fsp3) is 0.0500. The standard InChI is InChI=1S/C20H18N2O/c21-14-18-8-4-5-9-19(18)22-20(23)17-12-10-16(11-13-17)15-6-2-1-3-7-15/h1-13H,14,21H2,(H,22,23). The molecule has 0 aliphatic carbocycles. The van der Waals surface area contributed by atoms with Crippen molar-refractivity contribution in [2.45, 2.75) is 6.54 Å². The molecule has 3 nitrogen and oxygen atoms in total. The van der Waals surface area contributed by atoms with Gasteiger partial charge < -0.3 is 11.1 Å². The second kappa shape index (κ2) is 6.90. The first-order valence-corrected chi connectivity index (χ1v) is 7.53. The van der Waals surface area contributed by atoms with E-state index in [0.29, 0.717) is 12.1 Å². The number of rotatable bonds is 4. The van der Waals surface area contributed by atoms with Crippen LogP contribution in [0.2, 0.25) is 0 Å². The molecule has 0 unspecified atom stereocenters. The normalized spacial score (nSPS) is 10.3. The lowest BCUT2D eigenvalue weighted by atomic mass is 10.0. The van der Waals surface area contributed by atoms with Crippen molar-refractivity contribution in [3.8, 4) is 11.1 Å². The van der Waals surface area contributed by atoms with E-state index in [9.17, 15) is 4.79 Å². The fourth-order valence-electron chi connectivity index (χ4n) is 2.46. The predicted molar refractivity (Wildman–Crippen MR) is 94.2 cm³/mol. The molecule has 0 spiro atoms. The number of hydrogen-bond acceptors (Lipinski definition) is 2. The molecule has 3 aromatic rings. The molecule has 0 saturated carbocycles. The average molecular weight is 302 g/mol. The number of benzene rings is 3. The van der Waals surface area contributed by atoms with Gasteiger partial charge in [-0.3, -0.25) is 4.79 Å². The molecule has 0 aromatic heterocycles. The maximum atomic E-state index is 12.4. The van der Waals surface area contributed by atoms with Crippen molar-refractivity contribution in [1.29, 1.82) is 0 Å². The first-order chi connectivity index (χ1) is 11.3. The summed E-state index contributed by atoms with van der Waals surface area (Å²) in [4.78, 5) is 12.4. The zero-order chi connectivity index (χ0) is 16.1. The molecule has 1 amide bonds. The minimum absolute atomic E-state index is 0.134. The SMILES string of the molecule is NCc1ccccc1NC(=O)c1ccc(-c2ccccc2)cc1. The summed E-state index contributed by atoms with van der Waals surface area (Å²) in [6.07, 6.45) is 0. The minimum Gasteiger partial charge on any atom is -0.326 e. The Hall–Kier alpha value is -2.91. The van der Waals surface area contributed by atoms with Crippen LogP contribution in [-0.2, 0) is 6.54 Å². The summed E-state index contributed by atoms with van der Waals surface area (Å²) in [7, 11) is 0. The lowest BCUT2D eigenvalue weighted by molar-refractivity contribution is 0.102. The zero-order valence-electron chi connectivity index (χ0n) is 12.7. The molecule has 0 aliphatic rings. The van der Waals surface area contributed by atoms with E-state index < -0.39 is 0 Å². The smallest absolute Gasteiger partial charge is 0.255 e. The van der Waals surface area contributed by atoms with Gasteiger partial charge in [0.05, 0.1) is 0 Å². The Balaban J connectivity index is 1.78. The number of para-hydroxylation sites is 1. The van der Waals surface area contributed by atoms with Crippen molar-refractivity contribution in [3.63, 3.8) is 0 Å². The van der Waals surface area contributed by atoms with Crippen LogP contribution in [0.25, 0.3) is 11.1 Å². The zero-order valence-corrected chi connectivity index (χ0v) is 12.7. The third-order valence-electron chi connectivity index (χ3n) is 3.74. The lowest BCUT2D eigenvalue weighted by Crippen LogP contribution is -2.14. The van der Waals surface area contributed by atoms with Crippen molar-refractivity contribution in [3.05, 3.63) is 90.0 Å². The fourth-order valence-corrected chi connectivity index (χ4v) is 2.46. The number of carbonyl (C=O) groups excluding carboxylic acids is 1. The first kappa shape index (κ1) is 15.0. The van der Waals surface area contributed by atoms with Crippen LogP contribution < -0.4 is 11.1 Å². The minimum atomic E-state index is -0.134.